The van der Waals surface area contributed by atoms with Gasteiger partial charge in [-0.3, -0.25) is 4.79 Å². The number of aromatic nitrogens is 2. The summed E-state index contributed by atoms with van der Waals surface area (Å²) in [6.07, 6.45) is 3.85. The molecule has 1 aromatic heterocycles. The molecule has 0 aliphatic heterocycles. The number of anilines is 4. The molecule has 1 amide bonds. The Balaban J connectivity index is 2.12. The first-order valence-electron chi connectivity index (χ1n) is 14.4. The lowest BCUT2D eigenvalue weighted by molar-refractivity contribution is -0.111. The van der Waals surface area contributed by atoms with Crippen molar-refractivity contribution in [3.63, 3.8) is 0 Å². The van der Waals surface area contributed by atoms with E-state index in [0.717, 1.165) is 36.0 Å². The molecular formula is C33H42F2N6O2. The standard InChI is InChI=1S/C33H42F2N6O2/c1-8-15-43-20-22(5)31(25-12-11-24(34)16-21(25)4)32-26(35)19-37-33(40-32)39-27-18-28(38-30(42)10-3)29(17-23(27)9-2)41(7)14-13-36-6/h10-12,16-19,36H,3,8-9,13-15,20H2,1-2,4-7H3,(H,38,42)(H,37,39,40)/b31-22-. The van der Waals surface area contributed by atoms with E-state index in [4.69, 9.17) is 4.74 Å². The van der Waals surface area contributed by atoms with Crippen LogP contribution in [-0.2, 0) is 16.0 Å². The minimum Gasteiger partial charge on any atom is -0.377 e. The smallest absolute Gasteiger partial charge is 0.247 e. The highest BCUT2D eigenvalue weighted by molar-refractivity contribution is 6.02. The van der Waals surface area contributed by atoms with Crippen LogP contribution in [-0.4, -0.2) is 56.3 Å². The zero-order valence-corrected chi connectivity index (χ0v) is 25.9. The summed E-state index contributed by atoms with van der Waals surface area (Å²) >= 11 is 0. The maximum absolute atomic E-state index is 15.5. The van der Waals surface area contributed by atoms with E-state index < -0.39 is 5.82 Å². The van der Waals surface area contributed by atoms with Crippen molar-refractivity contribution in [2.75, 3.05) is 55.9 Å². The minimum atomic E-state index is -0.615. The second-order valence-corrected chi connectivity index (χ2v) is 10.3. The second kappa shape index (κ2) is 15.9. The summed E-state index contributed by atoms with van der Waals surface area (Å²) in [5, 5.41) is 9.27. The molecule has 0 unspecified atom stereocenters. The van der Waals surface area contributed by atoms with E-state index in [0.29, 0.717) is 47.6 Å². The second-order valence-electron chi connectivity index (χ2n) is 10.3. The molecule has 1 heterocycles. The Morgan fingerprint density at radius 1 is 1.16 bits per heavy atom. The fraction of sp³-hybridized carbons (Fsp3) is 0.364. The molecule has 0 fully saturated rings. The molecule has 230 valence electrons. The van der Waals surface area contributed by atoms with Gasteiger partial charge in [-0.2, -0.15) is 0 Å². The van der Waals surface area contributed by atoms with Gasteiger partial charge in [-0.25, -0.2) is 18.7 Å². The van der Waals surface area contributed by atoms with E-state index in [-0.39, 0.29) is 30.0 Å². The molecule has 43 heavy (non-hydrogen) atoms. The van der Waals surface area contributed by atoms with Crippen LogP contribution in [0, 0.1) is 18.6 Å². The summed E-state index contributed by atoms with van der Waals surface area (Å²) in [7, 11) is 3.84. The topological polar surface area (TPSA) is 91.4 Å². The molecule has 0 saturated carbocycles. The number of hydrogen-bond donors (Lipinski definition) is 3. The van der Waals surface area contributed by atoms with Gasteiger partial charge in [-0.1, -0.05) is 26.5 Å². The molecule has 3 N–H and O–H groups in total. The van der Waals surface area contributed by atoms with Gasteiger partial charge in [0.2, 0.25) is 11.9 Å². The van der Waals surface area contributed by atoms with Crippen LogP contribution in [0.15, 0.2) is 54.8 Å². The predicted molar refractivity (Wildman–Crippen MR) is 171 cm³/mol. The van der Waals surface area contributed by atoms with Crippen LogP contribution in [0.2, 0.25) is 0 Å². The van der Waals surface area contributed by atoms with Crippen molar-refractivity contribution in [2.24, 2.45) is 0 Å². The number of benzene rings is 2. The highest BCUT2D eigenvalue weighted by atomic mass is 19.1. The molecular weight excluding hydrogens is 550 g/mol. The fourth-order valence-electron chi connectivity index (χ4n) is 4.67. The van der Waals surface area contributed by atoms with Crippen LogP contribution in [0.5, 0.6) is 0 Å². The summed E-state index contributed by atoms with van der Waals surface area (Å²) in [5.41, 5.74) is 5.68. The molecule has 0 radical (unpaired) electrons. The lowest BCUT2D eigenvalue weighted by Gasteiger charge is -2.25. The lowest BCUT2D eigenvalue weighted by Crippen LogP contribution is -2.28. The first-order chi connectivity index (χ1) is 20.6. The van der Waals surface area contributed by atoms with Crippen LogP contribution in [0.3, 0.4) is 0 Å². The van der Waals surface area contributed by atoms with Gasteiger partial charge in [0, 0.05) is 38.0 Å². The Bertz CT molecular complexity index is 1470. The maximum atomic E-state index is 15.5. The molecule has 2 aromatic carbocycles. The van der Waals surface area contributed by atoms with Crippen LogP contribution in [0.4, 0.5) is 31.8 Å². The average molecular weight is 593 g/mol. The van der Waals surface area contributed by atoms with Crippen molar-refractivity contribution < 1.29 is 18.3 Å². The highest BCUT2D eigenvalue weighted by Gasteiger charge is 2.20. The van der Waals surface area contributed by atoms with Crippen LogP contribution in [0.1, 0.15) is 49.6 Å². The monoisotopic (exact) mass is 592 g/mol. The Hall–Kier alpha value is -4.15. The molecule has 3 rings (SSSR count). The number of rotatable bonds is 15. The van der Waals surface area contributed by atoms with Crippen molar-refractivity contribution in [3.8, 4) is 0 Å². The van der Waals surface area contributed by atoms with Gasteiger partial charge in [0.15, 0.2) is 5.82 Å². The normalized spacial score (nSPS) is 11.6. The Morgan fingerprint density at radius 3 is 2.58 bits per heavy atom. The molecule has 10 heteroatoms. The number of ether oxygens (including phenoxy) is 1. The summed E-state index contributed by atoms with van der Waals surface area (Å²) in [5.74, 6) is -1.17. The first kappa shape index (κ1) is 33.4. The quantitative estimate of drug-likeness (QED) is 0.139. The Morgan fingerprint density at radius 2 is 1.93 bits per heavy atom. The number of nitrogens with one attached hydrogen (secondary N) is 3. The third-order valence-electron chi connectivity index (χ3n) is 6.93. The van der Waals surface area contributed by atoms with Gasteiger partial charge in [0.1, 0.15) is 11.5 Å². The molecule has 0 spiro atoms. The molecule has 0 atom stereocenters. The number of likely N-dealkylation sites (N-methyl/N-ethyl adjacent to an activating group) is 2. The number of carbonyl (C=O) groups excluding carboxylic acids is 1. The zero-order chi connectivity index (χ0) is 31.5. The number of carbonyl (C=O) groups is 1. The predicted octanol–water partition coefficient (Wildman–Crippen LogP) is 6.40. The summed E-state index contributed by atoms with van der Waals surface area (Å²) in [6, 6.07) is 8.22. The van der Waals surface area contributed by atoms with E-state index in [1.54, 1.807) is 13.0 Å². The lowest BCUT2D eigenvalue weighted by atomic mass is 9.93. The third-order valence-corrected chi connectivity index (χ3v) is 6.93. The summed E-state index contributed by atoms with van der Waals surface area (Å²) in [4.78, 5) is 23.2. The maximum Gasteiger partial charge on any atom is 0.247 e. The molecule has 0 saturated heterocycles. The van der Waals surface area contributed by atoms with Crippen LogP contribution in [0.25, 0.3) is 5.57 Å². The number of halogens is 2. The van der Waals surface area contributed by atoms with Crippen LogP contribution < -0.4 is 20.9 Å². The zero-order valence-electron chi connectivity index (χ0n) is 25.9. The average Bonchev–Trinajstić information content (AvgIpc) is 2.98. The first-order valence-corrected chi connectivity index (χ1v) is 14.4. The van der Waals surface area contributed by atoms with Gasteiger partial charge in [0.05, 0.1) is 24.2 Å². The van der Waals surface area contributed by atoms with Crippen molar-refractivity contribution in [3.05, 3.63) is 88.8 Å². The fourth-order valence-corrected chi connectivity index (χ4v) is 4.67. The van der Waals surface area contributed by atoms with Crippen molar-refractivity contribution in [2.45, 2.75) is 40.5 Å². The SMILES string of the molecule is C=CC(=O)Nc1cc(Nc2ncc(F)c(/C(=C(/C)COCCC)c3ccc(F)cc3C)n2)c(CC)cc1N(C)CCNC. The highest BCUT2D eigenvalue weighted by Crippen LogP contribution is 2.35. The van der Waals surface area contributed by atoms with E-state index in [1.165, 1.54) is 18.2 Å². The van der Waals surface area contributed by atoms with Crippen LogP contribution >= 0.6 is 0 Å². The molecule has 8 nitrogen and oxygen atoms in total. The van der Waals surface area contributed by atoms with Gasteiger partial charge in [-0.15, -0.1) is 0 Å². The Labute approximate surface area is 253 Å². The van der Waals surface area contributed by atoms with Gasteiger partial charge in [-0.05, 0) is 86.3 Å². The van der Waals surface area contributed by atoms with E-state index in [2.05, 4.69) is 37.4 Å². The number of amides is 1. The van der Waals surface area contributed by atoms with Crippen molar-refractivity contribution in [1.29, 1.82) is 0 Å². The summed E-state index contributed by atoms with van der Waals surface area (Å²) in [6.45, 7) is 13.5. The third kappa shape index (κ3) is 8.68. The molecule has 0 bridgehead atoms. The Kier molecular flexibility index (Phi) is 12.3. The molecule has 0 aliphatic rings. The molecule has 3 aromatic rings. The summed E-state index contributed by atoms with van der Waals surface area (Å²) < 4.78 is 35.3. The van der Waals surface area contributed by atoms with E-state index in [1.807, 2.05) is 47.0 Å². The number of hydrogen-bond acceptors (Lipinski definition) is 7. The van der Waals surface area contributed by atoms with Gasteiger partial charge >= 0.3 is 0 Å². The van der Waals surface area contributed by atoms with E-state index >= 15 is 4.39 Å². The van der Waals surface area contributed by atoms with Gasteiger partial charge < -0.3 is 25.6 Å². The van der Waals surface area contributed by atoms with E-state index in [9.17, 15) is 9.18 Å². The largest absolute Gasteiger partial charge is 0.377 e. The van der Waals surface area contributed by atoms with Crippen molar-refractivity contribution >= 4 is 34.5 Å². The number of aryl methyl sites for hydroxylation is 2. The number of nitrogens with zero attached hydrogens (tertiary/aromatic N) is 3. The van der Waals surface area contributed by atoms with Crippen molar-refractivity contribution in [1.82, 2.24) is 15.3 Å². The molecule has 0 aliphatic carbocycles. The minimum absolute atomic E-state index is 0.0754. The van der Waals surface area contributed by atoms with Gasteiger partial charge in [0.25, 0.3) is 0 Å².